The summed E-state index contributed by atoms with van der Waals surface area (Å²) in [5.41, 5.74) is 0. The number of carbonyl (C=O) groups is 1. The molecule has 0 radical (unpaired) electrons. The summed E-state index contributed by atoms with van der Waals surface area (Å²) in [7, 11) is 4.06. The highest BCUT2D eigenvalue weighted by atomic mass is 35.5. The Hall–Kier alpha value is -0.900. The standard InChI is InChI=1S/C14H17NOS.ClH/c1-15(2)9-5-7-12(16)14-10-11-6-3-4-8-13(11)17-14;/h3-4,6,8,10H,5,7,9H2,1-2H3;1H. The molecule has 1 aromatic heterocycles. The third-order valence-electron chi connectivity index (χ3n) is 2.71. The molecule has 2 aromatic rings. The summed E-state index contributed by atoms with van der Waals surface area (Å²) >= 11 is 1.60. The van der Waals surface area contributed by atoms with E-state index >= 15 is 0 Å². The Morgan fingerprint density at radius 2 is 2.00 bits per heavy atom. The number of ketones is 1. The zero-order valence-corrected chi connectivity index (χ0v) is 12.3. The molecule has 2 rings (SSSR count). The topological polar surface area (TPSA) is 20.3 Å². The number of hydrogen-bond donors (Lipinski definition) is 0. The second-order valence-corrected chi connectivity index (χ2v) is 5.56. The van der Waals surface area contributed by atoms with Gasteiger partial charge in [-0.1, -0.05) is 18.2 Å². The molecule has 98 valence electrons. The van der Waals surface area contributed by atoms with E-state index in [0.717, 1.165) is 17.8 Å². The van der Waals surface area contributed by atoms with Crippen LogP contribution >= 0.6 is 23.7 Å². The second-order valence-electron chi connectivity index (χ2n) is 4.48. The molecule has 0 atom stereocenters. The first kappa shape index (κ1) is 15.2. The molecular weight excluding hydrogens is 266 g/mol. The molecule has 0 saturated carbocycles. The minimum Gasteiger partial charge on any atom is -0.309 e. The third kappa shape index (κ3) is 3.80. The fourth-order valence-electron chi connectivity index (χ4n) is 1.80. The van der Waals surface area contributed by atoms with Crippen molar-refractivity contribution in [2.75, 3.05) is 20.6 Å². The number of carbonyl (C=O) groups excluding carboxylic acids is 1. The maximum absolute atomic E-state index is 12.0. The zero-order chi connectivity index (χ0) is 12.3. The lowest BCUT2D eigenvalue weighted by Crippen LogP contribution is -2.14. The van der Waals surface area contributed by atoms with Gasteiger partial charge in [-0.15, -0.1) is 23.7 Å². The van der Waals surface area contributed by atoms with Crippen molar-refractivity contribution < 1.29 is 4.79 Å². The quantitative estimate of drug-likeness (QED) is 0.777. The van der Waals surface area contributed by atoms with Crippen molar-refractivity contribution in [1.82, 2.24) is 4.90 Å². The van der Waals surface area contributed by atoms with Crippen LogP contribution in [-0.4, -0.2) is 31.3 Å². The molecule has 0 fully saturated rings. The summed E-state index contributed by atoms with van der Waals surface area (Å²) in [5, 5.41) is 1.17. The maximum Gasteiger partial charge on any atom is 0.172 e. The number of nitrogens with zero attached hydrogens (tertiary/aromatic N) is 1. The minimum absolute atomic E-state index is 0. The van der Waals surface area contributed by atoms with Gasteiger partial charge in [0.2, 0.25) is 0 Å². The van der Waals surface area contributed by atoms with E-state index in [1.807, 2.05) is 32.3 Å². The average molecular weight is 284 g/mol. The van der Waals surface area contributed by atoms with Crippen LogP contribution in [0.1, 0.15) is 22.5 Å². The molecule has 4 heteroatoms. The van der Waals surface area contributed by atoms with Gasteiger partial charge in [-0.25, -0.2) is 0 Å². The number of Topliss-reactive ketones (excluding diaryl/α,β-unsaturated/α-hetero) is 1. The number of rotatable bonds is 5. The summed E-state index contributed by atoms with van der Waals surface area (Å²) in [6.45, 7) is 0.969. The Bertz CT molecular complexity index is 488. The van der Waals surface area contributed by atoms with Gasteiger partial charge >= 0.3 is 0 Å². The van der Waals surface area contributed by atoms with Crippen LogP contribution in [0.4, 0.5) is 0 Å². The lowest BCUT2D eigenvalue weighted by Gasteiger charge is -2.07. The SMILES string of the molecule is CN(C)CCCC(=O)c1cc2ccccc2s1.Cl. The highest BCUT2D eigenvalue weighted by molar-refractivity contribution is 7.20. The monoisotopic (exact) mass is 283 g/mol. The fraction of sp³-hybridized carbons (Fsp3) is 0.357. The van der Waals surface area contributed by atoms with E-state index in [1.165, 1.54) is 10.1 Å². The molecular formula is C14H18ClNOS. The van der Waals surface area contributed by atoms with Gasteiger partial charge in [0.25, 0.3) is 0 Å². The van der Waals surface area contributed by atoms with Crippen LogP contribution in [0.15, 0.2) is 30.3 Å². The normalized spacial score (nSPS) is 10.6. The van der Waals surface area contributed by atoms with Gasteiger partial charge in [-0.05, 0) is 44.6 Å². The number of hydrogen-bond acceptors (Lipinski definition) is 3. The van der Waals surface area contributed by atoms with Crippen LogP contribution in [0.2, 0.25) is 0 Å². The van der Waals surface area contributed by atoms with Crippen LogP contribution in [-0.2, 0) is 0 Å². The zero-order valence-electron chi connectivity index (χ0n) is 10.7. The number of halogens is 1. The van der Waals surface area contributed by atoms with Crippen molar-refractivity contribution in [3.05, 3.63) is 35.2 Å². The average Bonchev–Trinajstić information content (AvgIpc) is 2.71. The van der Waals surface area contributed by atoms with E-state index in [9.17, 15) is 4.79 Å². The minimum atomic E-state index is 0. The summed E-state index contributed by atoms with van der Waals surface area (Å²) < 4.78 is 1.20. The number of benzene rings is 1. The molecule has 0 saturated heterocycles. The predicted octanol–water partition coefficient (Wildman–Crippen LogP) is 3.85. The molecule has 1 aromatic carbocycles. The Kier molecular flexibility index (Phi) is 5.79. The van der Waals surface area contributed by atoms with Crippen molar-refractivity contribution in [1.29, 1.82) is 0 Å². The van der Waals surface area contributed by atoms with Gasteiger partial charge in [0.1, 0.15) is 0 Å². The van der Waals surface area contributed by atoms with E-state index in [-0.39, 0.29) is 18.2 Å². The first-order valence-corrected chi connectivity index (χ1v) is 6.65. The van der Waals surface area contributed by atoms with Crippen LogP contribution in [0, 0.1) is 0 Å². The smallest absolute Gasteiger partial charge is 0.172 e. The van der Waals surface area contributed by atoms with E-state index in [0.29, 0.717) is 6.42 Å². The molecule has 0 aliphatic heterocycles. The molecule has 0 bridgehead atoms. The second kappa shape index (κ2) is 6.88. The van der Waals surface area contributed by atoms with E-state index in [4.69, 9.17) is 0 Å². The highest BCUT2D eigenvalue weighted by Crippen LogP contribution is 2.26. The van der Waals surface area contributed by atoms with Crippen LogP contribution < -0.4 is 0 Å². The Labute approximate surface area is 118 Å². The summed E-state index contributed by atoms with van der Waals surface area (Å²) in [4.78, 5) is 15.0. The van der Waals surface area contributed by atoms with Crippen molar-refractivity contribution in [3.8, 4) is 0 Å². The first-order valence-electron chi connectivity index (χ1n) is 5.83. The van der Waals surface area contributed by atoms with Crippen LogP contribution in [0.3, 0.4) is 0 Å². The molecule has 0 unspecified atom stereocenters. The van der Waals surface area contributed by atoms with Gasteiger partial charge in [-0.3, -0.25) is 4.79 Å². The number of thiophene rings is 1. The molecule has 0 aliphatic rings. The molecule has 0 spiro atoms. The van der Waals surface area contributed by atoms with Gasteiger partial charge in [0.15, 0.2) is 5.78 Å². The van der Waals surface area contributed by atoms with Gasteiger partial charge in [0.05, 0.1) is 4.88 Å². The van der Waals surface area contributed by atoms with Crippen LogP contribution in [0.25, 0.3) is 10.1 Å². The maximum atomic E-state index is 12.0. The molecule has 0 N–H and O–H groups in total. The van der Waals surface area contributed by atoms with Gasteiger partial charge in [0, 0.05) is 11.1 Å². The molecule has 18 heavy (non-hydrogen) atoms. The Morgan fingerprint density at radius 3 is 2.67 bits per heavy atom. The molecule has 2 nitrogen and oxygen atoms in total. The lowest BCUT2D eigenvalue weighted by molar-refractivity contribution is 0.0981. The first-order chi connectivity index (χ1) is 8.16. The van der Waals surface area contributed by atoms with Crippen molar-refractivity contribution in [2.45, 2.75) is 12.8 Å². The lowest BCUT2D eigenvalue weighted by atomic mass is 10.1. The Morgan fingerprint density at radius 1 is 1.28 bits per heavy atom. The van der Waals surface area contributed by atoms with E-state index in [2.05, 4.69) is 17.0 Å². The third-order valence-corrected chi connectivity index (χ3v) is 3.87. The van der Waals surface area contributed by atoms with Crippen molar-refractivity contribution >= 4 is 39.6 Å². The van der Waals surface area contributed by atoms with Crippen molar-refractivity contribution in [2.24, 2.45) is 0 Å². The van der Waals surface area contributed by atoms with Gasteiger partial charge in [-0.2, -0.15) is 0 Å². The van der Waals surface area contributed by atoms with Crippen LogP contribution in [0.5, 0.6) is 0 Å². The molecule has 0 aliphatic carbocycles. The molecule has 0 amide bonds. The van der Waals surface area contributed by atoms with E-state index < -0.39 is 0 Å². The largest absolute Gasteiger partial charge is 0.309 e. The molecule has 1 heterocycles. The fourth-order valence-corrected chi connectivity index (χ4v) is 2.83. The highest BCUT2D eigenvalue weighted by Gasteiger charge is 2.09. The predicted molar refractivity (Wildman–Crippen MR) is 81.2 cm³/mol. The summed E-state index contributed by atoms with van der Waals surface area (Å²) in [5.74, 6) is 0.271. The Balaban J connectivity index is 0.00000162. The summed E-state index contributed by atoms with van der Waals surface area (Å²) in [6.07, 6.45) is 1.57. The summed E-state index contributed by atoms with van der Waals surface area (Å²) in [6, 6.07) is 10.2. The van der Waals surface area contributed by atoms with Crippen molar-refractivity contribution in [3.63, 3.8) is 0 Å². The van der Waals surface area contributed by atoms with E-state index in [1.54, 1.807) is 11.3 Å². The van der Waals surface area contributed by atoms with Gasteiger partial charge < -0.3 is 4.90 Å². The number of fused-ring (bicyclic) bond motifs is 1.